The minimum absolute atomic E-state index is 0.00511. The number of nitrogens with one attached hydrogen (secondary N) is 1. The van der Waals surface area contributed by atoms with Crippen LogP contribution in [0.5, 0.6) is 0 Å². The summed E-state index contributed by atoms with van der Waals surface area (Å²) in [6.07, 6.45) is 1.09. The highest BCUT2D eigenvalue weighted by Gasteiger charge is 2.24. The summed E-state index contributed by atoms with van der Waals surface area (Å²) < 4.78 is 0. The second-order valence-electron chi connectivity index (χ2n) is 6.28. The predicted octanol–water partition coefficient (Wildman–Crippen LogP) is 1.72. The van der Waals surface area contributed by atoms with Crippen molar-refractivity contribution in [1.82, 2.24) is 9.80 Å². The Morgan fingerprint density at radius 2 is 2.14 bits per heavy atom. The van der Waals surface area contributed by atoms with E-state index in [4.69, 9.17) is 5.73 Å². The maximum Gasteiger partial charge on any atom is 0.253 e. The number of amides is 1. The zero-order chi connectivity index (χ0) is 15.6. The molecule has 0 aliphatic carbocycles. The number of carbonyl (C=O) groups excluding carboxylic acids is 1. The van der Waals surface area contributed by atoms with E-state index >= 15 is 0 Å². The molecule has 21 heavy (non-hydrogen) atoms. The second-order valence-corrected chi connectivity index (χ2v) is 6.28. The van der Waals surface area contributed by atoms with Crippen LogP contribution in [-0.2, 0) is 0 Å². The molecule has 2 rings (SSSR count). The molecule has 0 bridgehead atoms. The lowest BCUT2D eigenvalue weighted by Crippen LogP contribution is -2.43. The van der Waals surface area contributed by atoms with Crippen molar-refractivity contribution in [3.63, 3.8) is 0 Å². The van der Waals surface area contributed by atoms with Crippen molar-refractivity contribution in [3.05, 3.63) is 23.8 Å². The third-order valence-electron chi connectivity index (χ3n) is 4.16. The third-order valence-corrected chi connectivity index (χ3v) is 4.16. The molecule has 0 aromatic heterocycles. The first-order chi connectivity index (χ1) is 9.88. The van der Waals surface area contributed by atoms with Crippen LogP contribution in [-0.4, -0.2) is 56.0 Å². The van der Waals surface area contributed by atoms with Gasteiger partial charge in [0.1, 0.15) is 0 Å². The molecule has 0 spiro atoms. The molecule has 1 saturated heterocycles. The van der Waals surface area contributed by atoms with E-state index in [-0.39, 0.29) is 5.91 Å². The molecule has 5 heteroatoms. The van der Waals surface area contributed by atoms with Gasteiger partial charge in [-0.3, -0.25) is 4.79 Å². The van der Waals surface area contributed by atoms with Gasteiger partial charge in [0.2, 0.25) is 0 Å². The van der Waals surface area contributed by atoms with Gasteiger partial charge >= 0.3 is 0 Å². The maximum atomic E-state index is 12.1. The molecule has 1 aliphatic heterocycles. The molecule has 1 aliphatic rings. The number of nitrogens with two attached hydrogens (primary N) is 1. The number of rotatable bonds is 3. The summed E-state index contributed by atoms with van der Waals surface area (Å²) in [6, 6.07) is 5.84. The molecular weight excluding hydrogens is 264 g/mol. The fourth-order valence-electron chi connectivity index (χ4n) is 2.84. The highest BCUT2D eigenvalue weighted by molar-refractivity contribution is 5.95. The Morgan fingerprint density at radius 1 is 1.43 bits per heavy atom. The lowest BCUT2D eigenvalue weighted by molar-refractivity contribution is 0.0827. The molecule has 116 valence electrons. The van der Waals surface area contributed by atoms with Crippen LogP contribution in [0.2, 0.25) is 0 Å². The van der Waals surface area contributed by atoms with Gasteiger partial charge in [0.15, 0.2) is 0 Å². The van der Waals surface area contributed by atoms with Crippen LogP contribution in [0.1, 0.15) is 23.7 Å². The smallest absolute Gasteiger partial charge is 0.253 e. The van der Waals surface area contributed by atoms with Gasteiger partial charge in [0.25, 0.3) is 5.91 Å². The monoisotopic (exact) mass is 290 g/mol. The van der Waals surface area contributed by atoms with E-state index < -0.39 is 0 Å². The van der Waals surface area contributed by atoms with E-state index in [1.165, 1.54) is 0 Å². The van der Waals surface area contributed by atoms with Crippen molar-refractivity contribution in [1.29, 1.82) is 0 Å². The largest absolute Gasteiger partial charge is 0.397 e. The number of likely N-dealkylation sites (tertiary alicyclic amines) is 1. The van der Waals surface area contributed by atoms with Crippen molar-refractivity contribution < 1.29 is 4.79 Å². The molecule has 2 unspecified atom stereocenters. The van der Waals surface area contributed by atoms with E-state index in [1.54, 1.807) is 31.1 Å². The second kappa shape index (κ2) is 6.35. The average molecular weight is 290 g/mol. The Bertz CT molecular complexity index is 515. The van der Waals surface area contributed by atoms with Crippen molar-refractivity contribution in [3.8, 4) is 0 Å². The highest BCUT2D eigenvalue weighted by atomic mass is 16.2. The fourth-order valence-corrected chi connectivity index (χ4v) is 2.84. The lowest BCUT2D eigenvalue weighted by atomic mass is 9.93. The molecular formula is C16H26N4O. The quantitative estimate of drug-likeness (QED) is 0.832. The average Bonchev–Trinajstić information content (AvgIpc) is 2.43. The number of carbonyl (C=O) groups is 1. The molecule has 0 saturated carbocycles. The number of hydrogen-bond donors (Lipinski definition) is 2. The first kappa shape index (κ1) is 15.6. The number of hydrogen-bond acceptors (Lipinski definition) is 4. The first-order valence-electron chi connectivity index (χ1n) is 7.44. The Labute approximate surface area is 127 Å². The topological polar surface area (TPSA) is 61.6 Å². The van der Waals surface area contributed by atoms with Crippen LogP contribution >= 0.6 is 0 Å². The van der Waals surface area contributed by atoms with Crippen molar-refractivity contribution in [2.45, 2.75) is 19.4 Å². The Hall–Kier alpha value is -1.75. The first-order valence-corrected chi connectivity index (χ1v) is 7.44. The van der Waals surface area contributed by atoms with E-state index in [9.17, 15) is 4.79 Å². The number of piperidine rings is 1. The van der Waals surface area contributed by atoms with Crippen LogP contribution in [0.4, 0.5) is 11.4 Å². The Kier molecular flexibility index (Phi) is 4.73. The Balaban J connectivity index is 2.16. The highest BCUT2D eigenvalue weighted by Crippen LogP contribution is 2.26. The van der Waals surface area contributed by atoms with Crippen molar-refractivity contribution >= 4 is 17.3 Å². The molecule has 1 fully saturated rings. The van der Waals surface area contributed by atoms with Gasteiger partial charge in [0, 0.05) is 32.2 Å². The van der Waals surface area contributed by atoms with Crippen LogP contribution in [0.15, 0.2) is 18.2 Å². The number of nitrogen functional groups attached to an aromatic ring is 1. The summed E-state index contributed by atoms with van der Waals surface area (Å²) in [6.45, 7) is 4.41. The zero-order valence-corrected chi connectivity index (χ0v) is 13.4. The van der Waals surface area contributed by atoms with Gasteiger partial charge in [-0.05, 0) is 44.1 Å². The number of anilines is 2. The Morgan fingerprint density at radius 3 is 2.76 bits per heavy atom. The van der Waals surface area contributed by atoms with Crippen LogP contribution in [0.3, 0.4) is 0 Å². The summed E-state index contributed by atoms with van der Waals surface area (Å²) >= 11 is 0. The third kappa shape index (κ3) is 3.67. The normalized spacial score (nSPS) is 22.9. The lowest BCUT2D eigenvalue weighted by Gasteiger charge is -2.36. The SMILES string of the molecule is CC1CN(C)CCC1Nc1cc(C(=O)N(C)C)ccc1N. The van der Waals surface area contributed by atoms with Gasteiger partial charge in [-0.15, -0.1) is 0 Å². The standard InChI is InChI=1S/C16H26N4O/c1-11-10-20(4)8-7-14(11)18-15-9-12(5-6-13(15)17)16(21)19(2)3/h5-6,9,11,14,18H,7-8,10,17H2,1-4H3. The fraction of sp³-hybridized carbons (Fsp3) is 0.562. The number of nitrogens with zero attached hydrogens (tertiary/aromatic N) is 2. The van der Waals surface area contributed by atoms with E-state index in [0.29, 0.717) is 23.2 Å². The molecule has 0 radical (unpaired) electrons. The summed E-state index contributed by atoms with van der Waals surface area (Å²) in [5.74, 6) is 0.547. The van der Waals surface area contributed by atoms with Crippen LogP contribution < -0.4 is 11.1 Å². The van der Waals surface area contributed by atoms with Gasteiger partial charge in [-0.1, -0.05) is 6.92 Å². The molecule has 3 N–H and O–H groups in total. The minimum Gasteiger partial charge on any atom is -0.397 e. The van der Waals surface area contributed by atoms with Gasteiger partial charge in [0.05, 0.1) is 11.4 Å². The van der Waals surface area contributed by atoms with E-state index in [1.807, 2.05) is 6.07 Å². The van der Waals surface area contributed by atoms with Crippen molar-refractivity contribution in [2.24, 2.45) is 5.92 Å². The molecule has 1 heterocycles. The maximum absolute atomic E-state index is 12.1. The summed E-state index contributed by atoms with van der Waals surface area (Å²) in [7, 11) is 5.66. The summed E-state index contributed by atoms with van der Waals surface area (Å²) in [5, 5.41) is 3.53. The van der Waals surface area contributed by atoms with Crippen LogP contribution in [0.25, 0.3) is 0 Å². The van der Waals surface area contributed by atoms with Gasteiger partial charge in [-0.25, -0.2) is 0 Å². The molecule has 1 aromatic carbocycles. The minimum atomic E-state index is -0.00511. The zero-order valence-electron chi connectivity index (χ0n) is 13.4. The predicted molar refractivity (Wildman–Crippen MR) is 87.6 cm³/mol. The summed E-state index contributed by atoms with van der Waals surface area (Å²) in [5.41, 5.74) is 8.28. The summed E-state index contributed by atoms with van der Waals surface area (Å²) in [4.78, 5) is 16.0. The van der Waals surface area contributed by atoms with Crippen molar-refractivity contribution in [2.75, 3.05) is 45.3 Å². The molecule has 1 amide bonds. The van der Waals surface area contributed by atoms with E-state index in [2.05, 4.69) is 24.2 Å². The van der Waals surface area contributed by atoms with E-state index in [0.717, 1.165) is 25.2 Å². The molecule has 1 aromatic rings. The van der Waals surface area contributed by atoms with Gasteiger partial charge < -0.3 is 20.9 Å². The molecule has 2 atom stereocenters. The van der Waals surface area contributed by atoms with Gasteiger partial charge in [-0.2, -0.15) is 0 Å². The van der Waals surface area contributed by atoms with Crippen LogP contribution in [0, 0.1) is 5.92 Å². The molecule has 5 nitrogen and oxygen atoms in total. The number of benzene rings is 1.